The zero-order valence-corrected chi connectivity index (χ0v) is 11.9. The van der Waals surface area contributed by atoms with Gasteiger partial charge in [-0.05, 0) is 26.0 Å². The Kier molecular flexibility index (Phi) is 5.63. The van der Waals surface area contributed by atoms with E-state index < -0.39 is 5.54 Å². The van der Waals surface area contributed by atoms with E-state index in [-0.39, 0.29) is 12.6 Å². The minimum absolute atomic E-state index is 0.230. The minimum atomic E-state index is -0.933. The van der Waals surface area contributed by atoms with Crippen LogP contribution < -0.4 is 10.1 Å². The molecular formula is C14H21NO4. The molecule has 0 saturated carbocycles. The molecule has 106 valence electrons. The molecule has 0 bridgehead atoms. The van der Waals surface area contributed by atoms with Crippen molar-refractivity contribution in [3.8, 4) is 5.75 Å². The van der Waals surface area contributed by atoms with E-state index in [4.69, 9.17) is 14.2 Å². The maximum Gasteiger partial charge on any atom is 0.333 e. The number of carbonyl (C=O) groups is 1. The second kappa shape index (κ2) is 6.99. The number of benzene rings is 1. The lowest BCUT2D eigenvalue weighted by Crippen LogP contribution is -2.48. The van der Waals surface area contributed by atoms with E-state index in [1.54, 1.807) is 14.0 Å². The number of nitrogens with one attached hydrogen (secondary N) is 1. The number of anilines is 1. The summed E-state index contributed by atoms with van der Waals surface area (Å²) in [5, 5.41) is 3.14. The van der Waals surface area contributed by atoms with Crippen LogP contribution in [0.2, 0.25) is 0 Å². The number of carbonyl (C=O) groups excluding carboxylic acids is 1. The van der Waals surface area contributed by atoms with Gasteiger partial charge in [0.05, 0.1) is 20.8 Å². The van der Waals surface area contributed by atoms with Crippen molar-refractivity contribution in [2.45, 2.75) is 19.4 Å². The summed E-state index contributed by atoms with van der Waals surface area (Å²) in [6, 6.07) is 7.35. The summed E-state index contributed by atoms with van der Waals surface area (Å²) in [7, 11) is 2.96. The number of esters is 1. The highest BCUT2D eigenvalue weighted by molar-refractivity contribution is 5.84. The first-order chi connectivity index (χ1) is 9.05. The number of methoxy groups -OCH3 is 2. The molecule has 0 heterocycles. The quantitative estimate of drug-likeness (QED) is 0.766. The van der Waals surface area contributed by atoms with Gasteiger partial charge in [-0.2, -0.15) is 0 Å². The van der Waals surface area contributed by atoms with Gasteiger partial charge in [0, 0.05) is 18.4 Å². The fourth-order valence-electron chi connectivity index (χ4n) is 1.70. The Labute approximate surface area is 113 Å². The number of rotatable bonds is 7. The average molecular weight is 267 g/mol. The van der Waals surface area contributed by atoms with Crippen LogP contribution in [0.15, 0.2) is 24.3 Å². The van der Waals surface area contributed by atoms with Crippen molar-refractivity contribution in [3.05, 3.63) is 24.3 Å². The molecule has 5 heteroatoms. The molecule has 1 N–H and O–H groups in total. The van der Waals surface area contributed by atoms with E-state index in [2.05, 4.69) is 5.32 Å². The summed E-state index contributed by atoms with van der Waals surface area (Å²) < 4.78 is 15.3. The van der Waals surface area contributed by atoms with E-state index >= 15 is 0 Å². The SMILES string of the molecule is CCOCC(C)(Nc1cccc(OC)c1)C(=O)OC. The Bertz CT molecular complexity index is 422. The lowest BCUT2D eigenvalue weighted by molar-refractivity contribution is -0.147. The summed E-state index contributed by atoms with van der Waals surface area (Å²) in [5.74, 6) is 0.345. The van der Waals surface area contributed by atoms with Gasteiger partial charge >= 0.3 is 5.97 Å². The number of hydrogen-bond acceptors (Lipinski definition) is 5. The van der Waals surface area contributed by atoms with Crippen LogP contribution in [-0.2, 0) is 14.3 Å². The van der Waals surface area contributed by atoms with E-state index in [1.165, 1.54) is 7.11 Å². The Morgan fingerprint density at radius 1 is 1.37 bits per heavy atom. The zero-order chi connectivity index (χ0) is 14.3. The van der Waals surface area contributed by atoms with Gasteiger partial charge in [-0.15, -0.1) is 0 Å². The summed E-state index contributed by atoms with van der Waals surface area (Å²) in [6.45, 7) is 4.39. The predicted octanol–water partition coefficient (Wildman–Crippen LogP) is 2.08. The molecule has 0 aliphatic carbocycles. The summed E-state index contributed by atoms with van der Waals surface area (Å²) in [6.07, 6.45) is 0. The molecule has 0 aliphatic rings. The van der Waals surface area contributed by atoms with Gasteiger partial charge < -0.3 is 19.5 Å². The second-order valence-electron chi connectivity index (χ2n) is 4.32. The third-order valence-electron chi connectivity index (χ3n) is 2.72. The van der Waals surface area contributed by atoms with E-state index in [9.17, 15) is 4.79 Å². The van der Waals surface area contributed by atoms with E-state index in [0.29, 0.717) is 12.4 Å². The van der Waals surface area contributed by atoms with Gasteiger partial charge in [0.1, 0.15) is 5.75 Å². The first-order valence-electron chi connectivity index (χ1n) is 6.14. The van der Waals surface area contributed by atoms with Gasteiger partial charge in [-0.3, -0.25) is 0 Å². The van der Waals surface area contributed by atoms with Gasteiger partial charge in [0.2, 0.25) is 0 Å². The third-order valence-corrected chi connectivity index (χ3v) is 2.72. The molecule has 1 aromatic rings. The highest BCUT2D eigenvalue weighted by atomic mass is 16.5. The summed E-state index contributed by atoms with van der Waals surface area (Å²) >= 11 is 0. The second-order valence-corrected chi connectivity index (χ2v) is 4.32. The monoisotopic (exact) mass is 267 g/mol. The van der Waals surface area contributed by atoms with Crippen molar-refractivity contribution in [2.75, 3.05) is 32.8 Å². The van der Waals surface area contributed by atoms with Gasteiger partial charge in [0.15, 0.2) is 5.54 Å². The molecule has 0 radical (unpaired) electrons. The van der Waals surface area contributed by atoms with Crippen molar-refractivity contribution < 1.29 is 19.0 Å². The van der Waals surface area contributed by atoms with Crippen LogP contribution in [-0.4, -0.2) is 38.9 Å². The maximum atomic E-state index is 11.9. The topological polar surface area (TPSA) is 56.8 Å². The first-order valence-corrected chi connectivity index (χ1v) is 6.14. The first kappa shape index (κ1) is 15.3. The predicted molar refractivity (Wildman–Crippen MR) is 73.5 cm³/mol. The van der Waals surface area contributed by atoms with Crippen LogP contribution in [0.1, 0.15) is 13.8 Å². The largest absolute Gasteiger partial charge is 0.497 e. The highest BCUT2D eigenvalue weighted by Gasteiger charge is 2.34. The Balaban J connectivity index is 2.89. The summed E-state index contributed by atoms with van der Waals surface area (Å²) in [5.41, 5.74) is -0.163. The zero-order valence-electron chi connectivity index (χ0n) is 11.9. The average Bonchev–Trinajstić information content (AvgIpc) is 2.44. The number of ether oxygens (including phenoxy) is 3. The van der Waals surface area contributed by atoms with Crippen molar-refractivity contribution in [1.29, 1.82) is 0 Å². The van der Waals surface area contributed by atoms with E-state index in [0.717, 1.165) is 5.69 Å². The Hall–Kier alpha value is -1.75. The lowest BCUT2D eigenvalue weighted by atomic mass is 10.0. The molecule has 1 unspecified atom stereocenters. The van der Waals surface area contributed by atoms with Crippen LogP contribution >= 0.6 is 0 Å². The highest BCUT2D eigenvalue weighted by Crippen LogP contribution is 2.21. The van der Waals surface area contributed by atoms with Crippen molar-refractivity contribution >= 4 is 11.7 Å². The van der Waals surface area contributed by atoms with Crippen LogP contribution in [0, 0.1) is 0 Å². The Morgan fingerprint density at radius 3 is 2.68 bits per heavy atom. The van der Waals surface area contributed by atoms with Gasteiger partial charge in [-0.25, -0.2) is 4.79 Å². The van der Waals surface area contributed by atoms with Crippen LogP contribution in [0.3, 0.4) is 0 Å². The maximum absolute atomic E-state index is 11.9. The molecule has 1 rings (SSSR count). The van der Waals surface area contributed by atoms with Crippen molar-refractivity contribution in [2.24, 2.45) is 0 Å². The van der Waals surface area contributed by atoms with Crippen molar-refractivity contribution in [1.82, 2.24) is 0 Å². The molecule has 0 aromatic heterocycles. The fourth-order valence-corrected chi connectivity index (χ4v) is 1.70. The van der Waals surface area contributed by atoms with Crippen molar-refractivity contribution in [3.63, 3.8) is 0 Å². The molecule has 0 spiro atoms. The van der Waals surface area contributed by atoms with Gasteiger partial charge in [-0.1, -0.05) is 6.07 Å². The standard InChI is InChI=1S/C14H21NO4/c1-5-19-10-14(2,13(16)18-4)15-11-7-6-8-12(9-11)17-3/h6-9,15H,5,10H2,1-4H3. The molecular weight excluding hydrogens is 246 g/mol. The molecule has 19 heavy (non-hydrogen) atoms. The molecule has 1 aromatic carbocycles. The molecule has 5 nitrogen and oxygen atoms in total. The summed E-state index contributed by atoms with van der Waals surface area (Å²) in [4.78, 5) is 11.9. The fraction of sp³-hybridized carbons (Fsp3) is 0.500. The molecule has 0 aliphatic heterocycles. The van der Waals surface area contributed by atoms with Crippen LogP contribution in [0.25, 0.3) is 0 Å². The smallest absolute Gasteiger partial charge is 0.333 e. The van der Waals surface area contributed by atoms with Crippen LogP contribution in [0.5, 0.6) is 5.75 Å². The molecule has 0 fully saturated rings. The third kappa shape index (κ3) is 4.13. The molecule has 1 atom stereocenters. The minimum Gasteiger partial charge on any atom is -0.497 e. The van der Waals surface area contributed by atoms with E-state index in [1.807, 2.05) is 31.2 Å². The molecule has 0 amide bonds. The van der Waals surface area contributed by atoms with Crippen LogP contribution in [0.4, 0.5) is 5.69 Å². The normalized spacial score (nSPS) is 13.5. The lowest BCUT2D eigenvalue weighted by Gasteiger charge is -2.28. The Morgan fingerprint density at radius 2 is 2.11 bits per heavy atom. The number of hydrogen-bond donors (Lipinski definition) is 1. The van der Waals surface area contributed by atoms with Gasteiger partial charge in [0.25, 0.3) is 0 Å². The molecule has 0 saturated heterocycles.